The van der Waals surface area contributed by atoms with Crippen LogP contribution in [0, 0.1) is 41.5 Å². The van der Waals surface area contributed by atoms with Crippen LogP contribution >= 0.6 is 8.58 Å². The van der Waals surface area contributed by atoms with Crippen LogP contribution in [0.5, 0.6) is 0 Å². The van der Waals surface area contributed by atoms with Gasteiger partial charge in [0, 0.05) is 19.7 Å². The Morgan fingerprint density at radius 3 is 1.30 bits per heavy atom. The molecule has 0 aromatic heterocycles. The Balaban J connectivity index is 2.29. The largest absolute Gasteiger partial charge is 0.289 e. The molecule has 0 amide bonds. The maximum Gasteiger partial charge on any atom is 0.189 e. The molecule has 23 heavy (non-hydrogen) atoms. The Kier molecular flexibility index (Phi) is 5.16. The summed E-state index contributed by atoms with van der Waals surface area (Å²) < 4.78 is 0. The quantitative estimate of drug-likeness (QED) is 0.724. The lowest BCUT2D eigenvalue weighted by Gasteiger charge is -2.12. The average molecular weight is 326 g/mol. The van der Waals surface area contributed by atoms with Crippen molar-refractivity contribution in [2.45, 2.75) is 41.5 Å². The molecule has 0 bridgehead atoms. The molecule has 0 saturated heterocycles. The van der Waals surface area contributed by atoms with E-state index in [0.717, 1.165) is 22.3 Å². The molecule has 0 N–H and O–H groups in total. The first-order valence-corrected chi connectivity index (χ1v) is 8.73. The fraction of sp³-hybridized carbons (Fsp3) is 0.300. The third kappa shape index (κ3) is 3.43. The van der Waals surface area contributed by atoms with E-state index < -0.39 is 0 Å². The monoisotopic (exact) mass is 326 g/mol. The predicted molar refractivity (Wildman–Crippen MR) is 98.3 cm³/mol. The van der Waals surface area contributed by atoms with Crippen molar-refractivity contribution in [3.63, 3.8) is 0 Å². The zero-order chi connectivity index (χ0) is 17.3. The highest BCUT2D eigenvalue weighted by atomic mass is 31.1. The lowest BCUT2D eigenvalue weighted by molar-refractivity contribution is 0.105. The van der Waals surface area contributed by atoms with Gasteiger partial charge < -0.3 is 0 Å². The standard InChI is InChI=1S/C20H23O2P/c1-11-7-9-17(15(5)13(11)3)19(21)23-20(22)18-10-8-12(2)14(4)16(18)6/h7-10,23H,1-6H3. The van der Waals surface area contributed by atoms with Gasteiger partial charge in [0.05, 0.1) is 0 Å². The number of hydrogen-bond acceptors (Lipinski definition) is 2. The van der Waals surface area contributed by atoms with Gasteiger partial charge in [-0.15, -0.1) is 0 Å². The summed E-state index contributed by atoms with van der Waals surface area (Å²) in [5.41, 5.74) is 7.71. The molecule has 0 fully saturated rings. The molecule has 120 valence electrons. The molecule has 2 aromatic rings. The normalized spacial score (nSPS) is 10.7. The maximum absolute atomic E-state index is 12.6. The van der Waals surface area contributed by atoms with Crippen LogP contribution < -0.4 is 0 Å². The maximum atomic E-state index is 12.6. The van der Waals surface area contributed by atoms with Crippen LogP contribution in [-0.4, -0.2) is 11.0 Å². The molecule has 0 saturated carbocycles. The second-order valence-electron chi connectivity index (χ2n) is 6.14. The molecule has 0 aliphatic heterocycles. The van der Waals surface area contributed by atoms with Gasteiger partial charge in [-0.1, -0.05) is 24.3 Å². The van der Waals surface area contributed by atoms with Gasteiger partial charge in [0.25, 0.3) is 0 Å². The van der Waals surface area contributed by atoms with E-state index in [1.807, 2.05) is 65.8 Å². The smallest absolute Gasteiger partial charge is 0.189 e. The molecule has 0 aliphatic rings. The van der Waals surface area contributed by atoms with E-state index in [9.17, 15) is 9.59 Å². The molecule has 0 aliphatic carbocycles. The highest BCUT2D eigenvalue weighted by Gasteiger charge is 2.18. The summed E-state index contributed by atoms with van der Waals surface area (Å²) >= 11 is 0. The zero-order valence-corrected chi connectivity index (χ0v) is 15.6. The van der Waals surface area contributed by atoms with E-state index >= 15 is 0 Å². The number of rotatable bonds is 4. The van der Waals surface area contributed by atoms with Crippen molar-refractivity contribution < 1.29 is 9.59 Å². The minimum Gasteiger partial charge on any atom is -0.289 e. The van der Waals surface area contributed by atoms with Crippen molar-refractivity contribution in [3.8, 4) is 0 Å². The molecular weight excluding hydrogens is 303 g/mol. The van der Waals surface area contributed by atoms with Crippen LogP contribution in [0.25, 0.3) is 0 Å². The third-order valence-electron chi connectivity index (χ3n) is 4.83. The van der Waals surface area contributed by atoms with Crippen molar-refractivity contribution in [1.82, 2.24) is 0 Å². The molecule has 0 heterocycles. The second-order valence-corrected chi connectivity index (χ2v) is 7.30. The molecule has 0 atom stereocenters. The van der Waals surface area contributed by atoms with Gasteiger partial charge in [0.15, 0.2) is 11.0 Å². The lowest BCUT2D eigenvalue weighted by atomic mass is 9.99. The fourth-order valence-electron chi connectivity index (χ4n) is 2.64. The van der Waals surface area contributed by atoms with Crippen LogP contribution in [0.2, 0.25) is 0 Å². The molecule has 3 heteroatoms. The van der Waals surface area contributed by atoms with E-state index in [4.69, 9.17) is 0 Å². The summed E-state index contributed by atoms with van der Waals surface area (Å²) in [5.74, 6) is 0. The fourth-order valence-corrected chi connectivity index (χ4v) is 3.66. The molecule has 2 rings (SSSR count). The van der Waals surface area contributed by atoms with Crippen molar-refractivity contribution >= 4 is 19.6 Å². The molecule has 0 radical (unpaired) electrons. The molecule has 2 nitrogen and oxygen atoms in total. The van der Waals surface area contributed by atoms with Crippen molar-refractivity contribution in [3.05, 3.63) is 68.8 Å². The number of aryl methyl sites for hydroxylation is 2. The molecule has 0 unspecified atom stereocenters. The highest BCUT2D eigenvalue weighted by Crippen LogP contribution is 2.30. The SMILES string of the molecule is Cc1ccc(C(=O)PC(=O)c2ccc(C)c(C)c2C)c(C)c1C. The van der Waals surface area contributed by atoms with Crippen LogP contribution in [0.1, 0.15) is 54.1 Å². The molecule has 0 spiro atoms. The van der Waals surface area contributed by atoms with Gasteiger partial charge in [0.2, 0.25) is 0 Å². The van der Waals surface area contributed by atoms with E-state index in [0.29, 0.717) is 11.1 Å². The predicted octanol–water partition coefficient (Wildman–Crippen LogP) is 5.20. The lowest BCUT2D eigenvalue weighted by Crippen LogP contribution is -2.05. The van der Waals surface area contributed by atoms with E-state index in [2.05, 4.69) is 0 Å². The van der Waals surface area contributed by atoms with Crippen molar-refractivity contribution in [1.29, 1.82) is 0 Å². The van der Waals surface area contributed by atoms with Crippen LogP contribution in [-0.2, 0) is 0 Å². The Morgan fingerprint density at radius 1 is 0.609 bits per heavy atom. The van der Waals surface area contributed by atoms with Gasteiger partial charge in [-0.3, -0.25) is 9.59 Å². The average Bonchev–Trinajstić information content (AvgIpc) is 2.50. The first-order valence-electron chi connectivity index (χ1n) is 7.73. The first kappa shape index (κ1) is 17.6. The van der Waals surface area contributed by atoms with Gasteiger partial charge in [-0.05, 0) is 74.9 Å². The van der Waals surface area contributed by atoms with Gasteiger partial charge in [-0.2, -0.15) is 0 Å². The minimum absolute atomic E-state index is 0.0757. The highest BCUT2D eigenvalue weighted by molar-refractivity contribution is 7.75. The van der Waals surface area contributed by atoms with E-state index in [1.165, 1.54) is 11.1 Å². The summed E-state index contributed by atoms with van der Waals surface area (Å²) in [6, 6.07) is 7.58. The Morgan fingerprint density at radius 2 is 0.957 bits per heavy atom. The van der Waals surface area contributed by atoms with Gasteiger partial charge >= 0.3 is 0 Å². The molecule has 2 aromatic carbocycles. The minimum atomic E-state index is -0.364. The van der Waals surface area contributed by atoms with Crippen molar-refractivity contribution in [2.75, 3.05) is 0 Å². The summed E-state index contributed by atoms with van der Waals surface area (Å²) in [6.07, 6.45) is 0. The van der Waals surface area contributed by atoms with E-state index in [-0.39, 0.29) is 19.6 Å². The Bertz CT molecular complexity index is 736. The van der Waals surface area contributed by atoms with Gasteiger partial charge in [0.1, 0.15) is 0 Å². The van der Waals surface area contributed by atoms with Crippen LogP contribution in [0.3, 0.4) is 0 Å². The van der Waals surface area contributed by atoms with Gasteiger partial charge in [-0.25, -0.2) is 0 Å². The summed E-state index contributed by atoms with van der Waals surface area (Å²) in [5, 5.41) is 0. The molecular formula is C20H23O2P. The van der Waals surface area contributed by atoms with Crippen molar-refractivity contribution in [2.24, 2.45) is 0 Å². The second kappa shape index (κ2) is 6.76. The first-order chi connectivity index (χ1) is 10.7. The van der Waals surface area contributed by atoms with Crippen LogP contribution in [0.15, 0.2) is 24.3 Å². The Hall–Kier alpha value is -1.79. The zero-order valence-electron chi connectivity index (χ0n) is 14.6. The summed E-state index contributed by atoms with van der Waals surface area (Å²) in [4.78, 5) is 25.1. The third-order valence-corrected chi connectivity index (χ3v) is 5.83. The summed E-state index contributed by atoms with van der Waals surface area (Å²) in [7, 11) is -0.364. The number of carbonyl (C=O) groups excluding carboxylic acids is 2. The topological polar surface area (TPSA) is 34.1 Å². The van der Waals surface area contributed by atoms with E-state index in [1.54, 1.807) is 0 Å². The number of hydrogen-bond donors (Lipinski definition) is 0. The van der Waals surface area contributed by atoms with Crippen LogP contribution in [0.4, 0.5) is 0 Å². The number of benzene rings is 2. The number of carbonyl (C=O) groups is 2. The summed E-state index contributed by atoms with van der Waals surface area (Å²) in [6.45, 7) is 12.0. The Labute approximate surface area is 140 Å².